The minimum absolute atomic E-state index is 0.00689. The second-order valence-corrected chi connectivity index (χ2v) is 6.66. The molecule has 3 rings (SSSR count). The third-order valence-electron chi connectivity index (χ3n) is 4.59. The average molecular weight is 366 g/mol. The lowest BCUT2D eigenvalue weighted by Crippen LogP contribution is -2.49. The minimum atomic E-state index is -0.519. The summed E-state index contributed by atoms with van der Waals surface area (Å²) in [5, 5.41) is 2.89. The molecule has 0 spiro atoms. The smallest absolute Gasteiger partial charge is 0.253 e. The quantitative estimate of drug-likeness (QED) is 0.857. The van der Waals surface area contributed by atoms with Crippen molar-refractivity contribution in [2.45, 2.75) is 25.8 Å². The second-order valence-electron chi connectivity index (χ2n) is 6.66. The van der Waals surface area contributed by atoms with Crippen molar-refractivity contribution < 1.29 is 14.4 Å². The molecule has 1 atom stereocenters. The Hall–Kier alpha value is -3.22. The van der Waals surface area contributed by atoms with Crippen LogP contribution in [0.1, 0.15) is 40.5 Å². The van der Waals surface area contributed by atoms with Gasteiger partial charge >= 0.3 is 0 Å². The highest BCUT2D eigenvalue weighted by Gasteiger charge is 2.24. The molecule has 0 aliphatic carbocycles. The average Bonchev–Trinajstić information content (AvgIpc) is 2.67. The number of carbonyl (C=O) groups excluding carboxylic acids is 3. The van der Waals surface area contributed by atoms with E-state index in [0.29, 0.717) is 29.9 Å². The number of hydrogen-bond acceptors (Lipinski definition) is 4. The molecule has 0 radical (unpaired) electrons. The van der Waals surface area contributed by atoms with E-state index in [1.165, 1.54) is 13.1 Å². The number of amides is 3. The fraction of sp³-hybridized carbons (Fsp3) is 0.300. The molecule has 140 valence electrons. The number of benzene rings is 1. The first-order valence-electron chi connectivity index (χ1n) is 8.86. The van der Waals surface area contributed by atoms with Crippen LogP contribution in [-0.2, 0) is 4.79 Å². The van der Waals surface area contributed by atoms with Gasteiger partial charge in [0.15, 0.2) is 0 Å². The number of nitrogens with one attached hydrogen (secondary N) is 1. The van der Waals surface area contributed by atoms with E-state index in [2.05, 4.69) is 10.3 Å². The van der Waals surface area contributed by atoms with E-state index >= 15 is 0 Å². The third-order valence-corrected chi connectivity index (χ3v) is 4.59. The molecule has 0 bridgehead atoms. The van der Waals surface area contributed by atoms with E-state index in [9.17, 15) is 14.4 Å². The molecule has 0 unspecified atom stereocenters. The molecular formula is C20H22N4O3. The number of nitrogens with two attached hydrogens (primary N) is 1. The molecular weight excluding hydrogens is 344 g/mol. The first-order valence-corrected chi connectivity index (χ1v) is 8.86. The van der Waals surface area contributed by atoms with Gasteiger partial charge in [0.25, 0.3) is 5.91 Å². The predicted molar refractivity (Wildman–Crippen MR) is 101 cm³/mol. The molecule has 3 N–H and O–H groups in total. The summed E-state index contributed by atoms with van der Waals surface area (Å²) < 4.78 is 0. The number of aromatic nitrogens is 1. The molecule has 7 nitrogen and oxygen atoms in total. The normalized spacial score (nSPS) is 16.6. The van der Waals surface area contributed by atoms with Crippen molar-refractivity contribution in [1.29, 1.82) is 0 Å². The zero-order valence-electron chi connectivity index (χ0n) is 15.1. The summed E-state index contributed by atoms with van der Waals surface area (Å²) in [7, 11) is 0. The standard InChI is InChI=1S/C20H22N4O3/c1-13(25)23-17-3-2-10-24(12-17)20(27)15-6-4-14(5-7-15)18-9-8-16(11-22-18)19(21)26/h4-9,11,17H,2-3,10,12H2,1H3,(H2,21,26)(H,23,25)/t17-/m1/s1. The summed E-state index contributed by atoms with van der Waals surface area (Å²) in [4.78, 5) is 41.1. The van der Waals surface area contributed by atoms with Gasteiger partial charge in [0, 0.05) is 43.4 Å². The maximum Gasteiger partial charge on any atom is 0.253 e. The number of piperidine rings is 1. The van der Waals surface area contributed by atoms with E-state index in [0.717, 1.165) is 18.4 Å². The maximum atomic E-state index is 12.7. The number of nitrogens with zero attached hydrogens (tertiary/aromatic N) is 2. The Balaban J connectivity index is 1.70. The Bertz CT molecular complexity index is 847. The Morgan fingerprint density at radius 3 is 2.41 bits per heavy atom. The molecule has 2 aromatic rings. The van der Waals surface area contributed by atoms with Gasteiger partial charge in [-0.25, -0.2) is 0 Å². The van der Waals surface area contributed by atoms with Gasteiger partial charge in [0.1, 0.15) is 0 Å². The Morgan fingerprint density at radius 1 is 1.11 bits per heavy atom. The summed E-state index contributed by atoms with van der Waals surface area (Å²) in [6, 6.07) is 10.5. The van der Waals surface area contributed by atoms with Crippen molar-refractivity contribution in [1.82, 2.24) is 15.2 Å². The summed E-state index contributed by atoms with van der Waals surface area (Å²) in [6.07, 6.45) is 3.19. The molecule has 2 heterocycles. The van der Waals surface area contributed by atoms with Crippen molar-refractivity contribution in [3.8, 4) is 11.3 Å². The van der Waals surface area contributed by atoms with Gasteiger partial charge in [-0.1, -0.05) is 12.1 Å². The molecule has 1 fully saturated rings. The Kier molecular flexibility index (Phi) is 5.49. The highest BCUT2D eigenvalue weighted by atomic mass is 16.2. The van der Waals surface area contributed by atoms with E-state index in [4.69, 9.17) is 5.73 Å². The molecule has 1 aromatic carbocycles. The molecule has 1 aromatic heterocycles. The minimum Gasteiger partial charge on any atom is -0.366 e. The topological polar surface area (TPSA) is 105 Å². The summed E-state index contributed by atoms with van der Waals surface area (Å²) in [6.45, 7) is 2.70. The van der Waals surface area contributed by atoms with Gasteiger partial charge in [0.2, 0.25) is 11.8 Å². The van der Waals surface area contributed by atoms with Crippen molar-refractivity contribution >= 4 is 17.7 Å². The van der Waals surface area contributed by atoms with Gasteiger partial charge in [-0.3, -0.25) is 19.4 Å². The van der Waals surface area contributed by atoms with Gasteiger partial charge in [-0.05, 0) is 37.1 Å². The number of likely N-dealkylation sites (tertiary alicyclic amines) is 1. The molecule has 1 aliphatic rings. The summed E-state index contributed by atoms with van der Waals surface area (Å²) >= 11 is 0. The Labute approximate surface area is 157 Å². The zero-order chi connectivity index (χ0) is 19.4. The SMILES string of the molecule is CC(=O)N[C@@H]1CCCN(C(=O)c2ccc(-c3ccc(C(N)=O)cn3)cc2)C1. The van der Waals surface area contributed by atoms with E-state index < -0.39 is 5.91 Å². The van der Waals surface area contributed by atoms with Crippen LogP contribution < -0.4 is 11.1 Å². The monoisotopic (exact) mass is 366 g/mol. The van der Waals surface area contributed by atoms with Gasteiger partial charge < -0.3 is 16.0 Å². The fourth-order valence-corrected chi connectivity index (χ4v) is 3.24. The number of pyridine rings is 1. The first kappa shape index (κ1) is 18.6. The first-order chi connectivity index (χ1) is 12.9. The van der Waals surface area contributed by atoms with Crippen LogP contribution in [0.3, 0.4) is 0 Å². The molecule has 3 amide bonds. The van der Waals surface area contributed by atoms with Gasteiger partial charge in [-0.2, -0.15) is 0 Å². The molecule has 7 heteroatoms. The van der Waals surface area contributed by atoms with Crippen molar-refractivity contribution in [3.63, 3.8) is 0 Å². The number of hydrogen-bond donors (Lipinski definition) is 2. The van der Waals surface area contributed by atoms with Crippen LogP contribution in [0.15, 0.2) is 42.6 Å². The molecule has 1 aliphatic heterocycles. The largest absolute Gasteiger partial charge is 0.366 e. The van der Waals surface area contributed by atoms with Crippen LogP contribution in [0.5, 0.6) is 0 Å². The zero-order valence-corrected chi connectivity index (χ0v) is 15.1. The van der Waals surface area contributed by atoms with E-state index in [1.54, 1.807) is 29.2 Å². The number of rotatable bonds is 4. The lowest BCUT2D eigenvalue weighted by molar-refractivity contribution is -0.120. The molecule has 0 saturated carbocycles. The number of carbonyl (C=O) groups is 3. The lowest BCUT2D eigenvalue weighted by Gasteiger charge is -2.33. The summed E-state index contributed by atoms with van der Waals surface area (Å²) in [5.74, 6) is -0.642. The van der Waals surface area contributed by atoms with Crippen molar-refractivity contribution in [3.05, 3.63) is 53.7 Å². The predicted octanol–water partition coefficient (Wildman–Crippen LogP) is 1.59. The highest BCUT2D eigenvalue weighted by molar-refractivity contribution is 5.95. The highest BCUT2D eigenvalue weighted by Crippen LogP contribution is 2.20. The lowest BCUT2D eigenvalue weighted by atomic mass is 10.0. The van der Waals surface area contributed by atoms with Crippen LogP contribution in [-0.4, -0.2) is 46.7 Å². The van der Waals surface area contributed by atoms with Crippen LogP contribution >= 0.6 is 0 Å². The van der Waals surface area contributed by atoms with E-state index in [-0.39, 0.29) is 17.9 Å². The molecule has 1 saturated heterocycles. The van der Waals surface area contributed by atoms with Crippen LogP contribution in [0.25, 0.3) is 11.3 Å². The number of primary amides is 1. The van der Waals surface area contributed by atoms with Crippen molar-refractivity contribution in [2.75, 3.05) is 13.1 Å². The maximum absolute atomic E-state index is 12.7. The second kappa shape index (κ2) is 7.99. The summed E-state index contributed by atoms with van der Waals surface area (Å²) in [5.41, 5.74) is 7.71. The molecule has 27 heavy (non-hydrogen) atoms. The fourth-order valence-electron chi connectivity index (χ4n) is 3.24. The van der Waals surface area contributed by atoms with Crippen LogP contribution in [0, 0.1) is 0 Å². The third kappa shape index (κ3) is 4.49. The van der Waals surface area contributed by atoms with E-state index in [1.807, 2.05) is 12.1 Å². The Morgan fingerprint density at radius 2 is 1.81 bits per heavy atom. The van der Waals surface area contributed by atoms with Gasteiger partial charge in [0.05, 0.1) is 11.3 Å². The van der Waals surface area contributed by atoms with Crippen molar-refractivity contribution in [2.24, 2.45) is 5.73 Å². The van der Waals surface area contributed by atoms with Gasteiger partial charge in [-0.15, -0.1) is 0 Å². The van der Waals surface area contributed by atoms with Crippen LogP contribution in [0.4, 0.5) is 0 Å². The van der Waals surface area contributed by atoms with Crippen LogP contribution in [0.2, 0.25) is 0 Å².